The topological polar surface area (TPSA) is 109 Å². The molecule has 9 heteroatoms. The molecular weight excluding hydrogens is 556 g/mol. The Bertz CT molecular complexity index is 1930. The molecule has 5 aromatic rings. The van der Waals surface area contributed by atoms with Gasteiger partial charge in [0.05, 0.1) is 28.6 Å². The molecule has 0 amide bonds. The van der Waals surface area contributed by atoms with Crippen LogP contribution in [0.15, 0.2) is 88.8 Å². The summed E-state index contributed by atoms with van der Waals surface area (Å²) >= 11 is 0. The zero-order valence-corrected chi connectivity index (χ0v) is 25.4. The minimum absolute atomic E-state index is 0.0597. The highest BCUT2D eigenvalue weighted by molar-refractivity contribution is 5.86. The van der Waals surface area contributed by atoms with Crippen molar-refractivity contribution in [2.75, 3.05) is 6.61 Å². The van der Waals surface area contributed by atoms with Gasteiger partial charge in [-0.25, -0.2) is 4.98 Å². The molecule has 9 nitrogen and oxygen atoms in total. The molecule has 0 aliphatic carbocycles. The van der Waals surface area contributed by atoms with Crippen LogP contribution in [-0.4, -0.2) is 27.4 Å². The van der Waals surface area contributed by atoms with Crippen LogP contribution in [-0.2, 0) is 6.61 Å². The van der Waals surface area contributed by atoms with Crippen LogP contribution >= 0.6 is 0 Å². The lowest BCUT2D eigenvalue weighted by atomic mass is 9.96. The zero-order chi connectivity index (χ0) is 31.4. The number of hydrogen-bond acceptors (Lipinski definition) is 7. The van der Waals surface area contributed by atoms with E-state index in [1.807, 2.05) is 63.2 Å². The predicted molar refractivity (Wildman–Crippen MR) is 173 cm³/mol. The first-order valence-corrected chi connectivity index (χ1v) is 14.5. The summed E-state index contributed by atoms with van der Waals surface area (Å²) in [5.74, 6) is 1.34. The Morgan fingerprint density at radius 1 is 1.00 bits per heavy atom. The van der Waals surface area contributed by atoms with E-state index in [2.05, 4.69) is 18.9 Å². The Balaban J connectivity index is 1.66. The van der Waals surface area contributed by atoms with E-state index in [0.29, 0.717) is 28.9 Å². The van der Waals surface area contributed by atoms with E-state index in [0.717, 1.165) is 33.6 Å². The number of aryl methyl sites for hydroxylation is 2. The number of nitrogens with zero attached hydrogens (tertiary/aromatic N) is 4. The molecule has 1 heterocycles. The first kappa shape index (κ1) is 30.2. The number of fused-ring (bicyclic) bond motifs is 1. The van der Waals surface area contributed by atoms with Crippen molar-refractivity contribution in [3.8, 4) is 22.9 Å². The van der Waals surface area contributed by atoms with Crippen molar-refractivity contribution in [1.82, 2.24) is 9.66 Å². The Kier molecular flexibility index (Phi) is 8.85. The van der Waals surface area contributed by atoms with E-state index in [4.69, 9.17) is 14.5 Å². The summed E-state index contributed by atoms with van der Waals surface area (Å²) in [5, 5.41) is 16.9. The molecule has 0 radical (unpaired) electrons. The van der Waals surface area contributed by atoms with Gasteiger partial charge in [0.1, 0.15) is 12.4 Å². The highest BCUT2D eigenvalue weighted by Gasteiger charge is 2.21. The molecule has 0 fully saturated rings. The van der Waals surface area contributed by atoms with Crippen molar-refractivity contribution in [3.05, 3.63) is 127 Å². The maximum absolute atomic E-state index is 13.9. The first-order valence-electron chi connectivity index (χ1n) is 14.5. The zero-order valence-electron chi connectivity index (χ0n) is 25.4. The number of benzene rings is 4. The predicted octanol–water partition coefficient (Wildman–Crippen LogP) is 7.57. The van der Waals surface area contributed by atoms with E-state index in [-0.39, 0.29) is 29.5 Å². The first-order chi connectivity index (χ1) is 21.2. The van der Waals surface area contributed by atoms with Crippen molar-refractivity contribution < 1.29 is 14.4 Å². The van der Waals surface area contributed by atoms with Crippen LogP contribution in [0.25, 0.3) is 22.3 Å². The lowest BCUT2D eigenvalue weighted by Gasteiger charge is -2.18. The molecule has 0 N–H and O–H groups in total. The smallest absolute Gasteiger partial charge is 0.311 e. The highest BCUT2D eigenvalue weighted by Crippen LogP contribution is 2.35. The monoisotopic (exact) mass is 590 g/mol. The SMILES string of the molecule is CCOc1cc(C)c(-c2nc3ccccc3c(=O)n2N=Cc2cccc([N+](=O)[O-])c2OCc2ccc(C)cc2)cc1C(C)C. The fourth-order valence-corrected chi connectivity index (χ4v) is 4.98. The molecule has 0 aliphatic rings. The van der Waals surface area contributed by atoms with E-state index >= 15 is 0 Å². The summed E-state index contributed by atoms with van der Waals surface area (Å²) in [6, 6.07) is 23.4. The van der Waals surface area contributed by atoms with Gasteiger partial charge in [-0.2, -0.15) is 9.78 Å². The quantitative estimate of drug-likeness (QED) is 0.0943. The van der Waals surface area contributed by atoms with Crippen molar-refractivity contribution >= 4 is 22.8 Å². The number of hydrogen-bond donors (Lipinski definition) is 0. The summed E-state index contributed by atoms with van der Waals surface area (Å²) in [6.45, 7) is 10.7. The Hall–Kier alpha value is -5.31. The van der Waals surface area contributed by atoms with E-state index in [1.165, 1.54) is 17.0 Å². The van der Waals surface area contributed by atoms with Crippen molar-refractivity contribution in [2.24, 2.45) is 5.10 Å². The molecule has 5 rings (SSSR count). The second kappa shape index (κ2) is 12.9. The van der Waals surface area contributed by atoms with Crippen LogP contribution < -0.4 is 15.0 Å². The van der Waals surface area contributed by atoms with Gasteiger partial charge in [-0.1, -0.05) is 61.9 Å². The Morgan fingerprint density at radius 3 is 2.45 bits per heavy atom. The largest absolute Gasteiger partial charge is 0.494 e. The van der Waals surface area contributed by atoms with Gasteiger partial charge in [0.2, 0.25) is 5.75 Å². The summed E-state index contributed by atoms with van der Waals surface area (Å²) < 4.78 is 13.2. The lowest BCUT2D eigenvalue weighted by molar-refractivity contribution is -0.385. The van der Waals surface area contributed by atoms with Crippen LogP contribution in [0.3, 0.4) is 0 Å². The number of rotatable bonds is 10. The number of nitro groups is 1. The molecule has 1 aromatic heterocycles. The fraction of sp³-hybridized carbons (Fsp3) is 0.229. The van der Waals surface area contributed by atoms with Crippen LogP contribution in [0.5, 0.6) is 11.5 Å². The molecule has 4 aromatic carbocycles. The number of nitro benzene ring substituents is 1. The van der Waals surface area contributed by atoms with Gasteiger partial charge in [-0.3, -0.25) is 14.9 Å². The average Bonchev–Trinajstić information content (AvgIpc) is 3.00. The maximum Gasteiger partial charge on any atom is 0.311 e. The second-order valence-corrected chi connectivity index (χ2v) is 10.8. The normalized spacial score (nSPS) is 11.4. The third kappa shape index (κ3) is 6.22. The maximum atomic E-state index is 13.9. The number of ether oxygens (including phenoxy) is 2. The Labute approximate surface area is 255 Å². The van der Waals surface area contributed by atoms with Crippen LogP contribution in [0.1, 0.15) is 54.5 Å². The van der Waals surface area contributed by atoms with E-state index in [1.54, 1.807) is 30.3 Å². The average molecular weight is 591 g/mol. The lowest BCUT2D eigenvalue weighted by Crippen LogP contribution is -2.21. The minimum atomic E-state index is -0.492. The van der Waals surface area contributed by atoms with Crippen LogP contribution in [0, 0.1) is 24.0 Å². The van der Waals surface area contributed by atoms with Gasteiger partial charge >= 0.3 is 5.69 Å². The molecule has 0 saturated heterocycles. The van der Waals surface area contributed by atoms with Gasteiger partial charge in [-0.05, 0) is 73.7 Å². The molecule has 0 unspecified atom stereocenters. The highest BCUT2D eigenvalue weighted by atomic mass is 16.6. The van der Waals surface area contributed by atoms with Gasteiger partial charge in [0, 0.05) is 17.2 Å². The van der Waals surface area contributed by atoms with Gasteiger partial charge in [-0.15, -0.1) is 0 Å². The van der Waals surface area contributed by atoms with Gasteiger partial charge in [0.25, 0.3) is 5.56 Å². The van der Waals surface area contributed by atoms with Crippen molar-refractivity contribution in [1.29, 1.82) is 0 Å². The molecule has 0 atom stereocenters. The summed E-state index contributed by atoms with van der Waals surface area (Å²) in [5.41, 5.74) is 4.85. The molecule has 224 valence electrons. The molecule has 0 aliphatic heterocycles. The van der Waals surface area contributed by atoms with E-state index < -0.39 is 4.92 Å². The molecule has 0 spiro atoms. The third-order valence-electron chi connectivity index (χ3n) is 7.31. The summed E-state index contributed by atoms with van der Waals surface area (Å²) in [4.78, 5) is 30.2. The molecular formula is C35H34N4O5. The van der Waals surface area contributed by atoms with Crippen molar-refractivity contribution in [3.63, 3.8) is 0 Å². The van der Waals surface area contributed by atoms with Crippen LogP contribution in [0.4, 0.5) is 5.69 Å². The molecule has 0 bridgehead atoms. The van der Waals surface area contributed by atoms with E-state index in [9.17, 15) is 14.9 Å². The fourth-order valence-electron chi connectivity index (χ4n) is 4.98. The second-order valence-electron chi connectivity index (χ2n) is 10.8. The standard InChI is InChI=1S/C35H34N4O5/c1-6-43-32-18-24(5)29(19-28(32)22(2)3)34-37-30-12-8-7-11-27(30)35(40)38(34)36-20-26-10-9-13-31(39(41)42)33(26)44-21-25-16-14-23(4)15-17-25/h7-20,22H,6,21H2,1-5H3. The number of para-hydroxylation sites is 2. The minimum Gasteiger partial charge on any atom is -0.494 e. The van der Waals surface area contributed by atoms with Crippen LogP contribution in [0.2, 0.25) is 0 Å². The molecule has 44 heavy (non-hydrogen) atoms. The Morgan fingerprint density at radius 2 is 1.75 bits per heavy atom. The van der Waals surface area contributed by atoms with Crippen molar-refractivity contribution in [2.45, 2.75) is 47.1 Å². The number of aromatic nitrogens is 2. The molecule has 0 saturated carbocycles. The van der Waals surface area contributed by atoms with Gasteiger partial charge in [0.15, 0.2) is 5.82 Å². The van der Waals surface area contributed by atoms with Gasteiger partial charge < -0.3 is 9.47 Å². The summed E-state index contributed by atoms with van der Waals surface area (Å²) in [6.07, 6.45) is 1.41. The third-order valence-corrected chi connectivity index (χ3v) is 7.31. The summed E-state index contributed by atoms with van der Waals surface area (Å²) in [7, 11) is 0.